The molecule has 0 aliphatic carbocycles. The van der Waals surface area contributed by atoms with Crippen LogP contribution in [-0.2, 0) is 16.1 Å². The number of anilines is 1. The fourth-order valence-corrected chi connectivity index (χ4v) is 2.42. The van der Waals surface area contributed by atoms with E-state index in [9.17, 15) is 0 Å². The van der Waals surface area contributed by atoms with Crippen molar-refractivity contribution in [1.29, 1.82) is 0 Å². The van der Waals surface area contributed by atoms with Crippen LogP contribution in [0.4, 0.5) is 5.95 Å². The Balaban J connectivity index is 0.000000554. The number of nitrogens with one attached hydrogen (secondary N) is 2. The van der Waals surface area contributed by atoms with Crippen LogP contribution in [-0.4, -0.2) is 52.3 Å². The van der Waals surface area contributed by atoms with E-state index in [1.165, 1.54) is 0 Å². The molecular formula is C21H27N5O6. The van der Waals surface area contributed by atoms with Crippen molar-refractivity contribution in [2.24, 2.45) is 10.7 Å². The zero-order chi connectivity index (χ0) is 24.1. The largest absolute Gasteiger partial charge is 0.496 e. The first kappa shape index (κ1) is 25.8. The van der Waals surface area contributed by atoms with E-state index in [1.54, 1.807) is 14.2 Å². The van der Waals surface area contributed by atoms with Crippen molar-refractivity contribution in [3.63, 3.8) is 0 Å². The Morgan fingerprint density at radius 1 is 1.03 bits per heavy atom. The molecule has 0 amide bonds. The summed E-state index contributed by atoms with van der Waals surface area (Å²) >= 11 is 0. The molecule has 0 fully saturated rings. The number of benzene rings is 2. The molecule has 0 spiro atoms. The topological polar surface area (TPSA) is 172 Å². The molecule has 0 radical (unpaired) electrons. The third kappa shape index (κ3) is 9.03. The number of nitrogens with zero attached hydrogens (tertiary/aromatic N) is 2. The van der Waals surface area contributed by atoms with Gasteiger partial charge in [-0.2, -0.15) is 0 Å². The van der Waals surface area contributed by atoms with Crippen LogP contribution in [0.5, 0.6) is 11.5 Å². The quantitative estimate of drug-likeness (QED) is 0.292. The number of methoxy groups -OCH3 is 2. The van der Waals surface area contributed by atoms with E-state index < -0.39 is 11.9 Å². The van der Waals surface area contributed by atoms with Crippen molar-refractivity contribution in [1.82, 2.24) is 9.97 Å². The molecular weight excluding hydrogens is 418 g/mol. The van der Waals surface area contributed by atoms with E-state index in [-0.39, 0.29) is 5.96 Å². The number of carboxylic acid groups (broad SMARTS) is 2. The zero-order valence-corrected chi connectivity index (χ0v) is 18.2. The molecule has 0 unspecified atom stereocenters. The number of fused-ring (bicyclic) bond motifs is 1. The number of hydrogen-bond acceptors (Lipinski definition) is 6. The Kier molecular flexibility index (Phi) is 10.6. The number of rotatable bonds is 5. The molecule has 0 saturated carbocycles. The lowest BCUT2D eigenvalue weighted by atomic mass is 10.2. The molecule has 3 aromatic rings. The summed E-state index contributed by atoms with van der Waals surface area (Å²) in [5.74, 6) is 0.538. The van der Waals surface area contributed by atoms with E-state index in [2.05, 4.69) is 20.3 Å². The van der Waals surface area contributed by atoms with Crippen molar-refractivity contribution in [2.45, 2.75) is 20.4 Å². The Hall–Kier alpha value is -4.28. The van der Waals surface area contributed by atoms with Crippen LogP contribution in [0, 0.1) is 0 Å². The molecule has 11 nitrogen and oxygen atoms in total. The number of ether oxygens (including phenoxy) is 2. The van der Waals surface area contributed by atoms with Gasteiger partial charge in [0.1, 0.15) is 11.5 Å². The lowest BCUT2D eigenvalue weighted by Gasteiger charge is -2.11. The number of hydrogen-bond donors (Lipinski definition) is 5. The Morgan fingerprint density at radius 3 is 2.06 bits per heavy atom. The number of H-pyrrole nitrogens is 1. The maximum atomic E-state index is 9.00. The third-order valence-electron chi connectivity index (χ3n) is 3.57. The monoisotopic (exact) mass is 445 g/mol. The van der Waals surface area contributed by atoms with Crippen molar-refractivity contribution in [3.05, 3.63) is 48.0 Å². The van der Waals surface area contributed by atoms with Crippen LogP contribution in [0.2, 0.25) is 0 Å². The number of imidazole rings is 1. The molecule has 11 heteroatoms. The summed E-state index contributed by atoms with van der Waals surface area (Å²) in [5.41, 5.74) is 8.58. The van der Waals surface area contributed by atoms with Crippen molar-refractivity contribution in [3.8, 4) is 11.5 Å². The summed E-state index contributed by atoms with van der Waals surface area (Å²) < 4.78 is 10.7. The van der Waals surface area contributed by atoms with Gasteiger partial charge in [-0.25, -0.2) is 9.98 Å². The molecule has 1 aromatic heterocycles. The minimum atomic E-state index is -0.833. The minimum Gasteiger partial charge on any atom is -0.496 e. The van der Waals surface area contributed by atoms with Gasteiger partial charge in [0.05, 0.1) is 37.4 Å². The van der Waals surface area contributed by atoms with Crippen molar-refractivity contribution >= 4 is 34.9 Å². The van der Waals surface area contributed by atoms with Gasteiger partial charge in [-0.1, -0.05) is 18.2 Å². The summed E-state index contributed by atoms with van der Waals surface area (Å²) in [6.07, 6.45) is 0. The lowest BCUT2D eigenvalue weighted by Crippen LogP contribution is -2.23. The Morgan fingerprint density at radius 2 is 1.56 bits per heavy atom. The van der Waals surface area contributed by atoms with E-state index in [1.807, 2.05) is 42.5 Å². The van der Waals surface area contributed by atoms with Gasteiger partial charge in [-0.3, -0.25) is 14.9 Å². The van der Waals surface area contributed by atoms with E-state index in [0.717, 1.165) is 30.4 Å². The van der Waals surface area contributed by atoms with Gasteiger partial charge in [-0.05, 0) is 24.3 Å². The molecule has 3 rings (SSSR count). The third-order valence-corrected chi connectivity index (χ3v) is 3.57. The van der Waals surface area contributed by atoms with Crippen LogP contribution in [0.3, 0.4) is 0 Å². The first-order valence-electron chi connectivity index (χ1n) is 9.28. The fraction of sp³-hybridized carbons (Fsp3) is 0.238. The zero-order valence-electron chi connectivity index (χ0n) is 18.2. The molecule has 2 aromatic carbocycles. The van der Waals surface area contributed by atoms with Crippen molar-refractivity contribution < 1.29 is 29.3 Å². The maximum absolute atomic E-state index is 9.00. The number of guanidine groups is 1. The molecule has 1 heterocycles. The first-order valence-corrected chi connectivity index (χ1v) is 9.28. The van der Waals surface area contributed by atoms with E-state index >= 15 is 0 Å². The minimum absolute atomic E-state index is 0.252. The maximum Gasteiger partial charge on any atom is 0.300 e. The molecule has 0 atom stereocenters. The Bertz CT molecular complexity index is 989. The number of aromatic nitrogens is 2. The fourth-order valence-electron chi connectivity index (χ4n) is 2.42. The smallest absolute Gasteiger partial charge is 0.300 e. The van der Waals surface area contributed by atoms with Gasteiger partial charge in [-0.15, -0.1) is 0 Å². The second-order valence-electron chi connectivity index (χ2n) is 6.11. The van der Waals surface area contributed by atoms with Crippen LogP contribution in [0.25, 0.3) is 11.0 Å². The highest BCUT2D eigenvalue weighted by atomic mass is 16.5. The molecule has 32 heavy (non-hydrogen) atoms. The molecule has 0 saturated heterocycles. The average molecular weight is 445 g/mol. The number of aliphatic carboxylic acids is 2. The number of aromatic amines is 1. The van der Waals surface area contributed by atoms with Gasteiger partial charge in [0.25, 0.3) is 11.9 Å². The first-order chi connectivity index (χ1) is 15.2. The highest BCUT2D eigenvalue weighted by Crippen LogP contribution is 2.28. The standard InChI is InChI=1S/C17H19N5O2.2C2H4O2/c1-23-14-8-5-9-15(24-2)11(14)10-19-16(18)22-17-20-12-6-3-4-7-13(12)21-17;2*1-2(3)4/h3-9H,10H2,1-2H3,(H4,18,19,20,21,22);2*1H3,(H,3,4). The molecule has 0 bridgehead atoms. The van der Waals surface area contributed by atoms with Gasteiger partial charge >= 0.3 is 0 Å². The van der Waals surface area contributed by atoms with Crippen LogP contribution < -0.4 is 20.5 Å². The van der Waals surface area contributed by atoms with E-state index in [4.69, 9.17) is 35.0 Å². The predicted octanol–water partition coefficient (Wildman–Crippen LogP) is 2.69. The number of aliphatic imine (C=N–C) groups is 1. The van der Waals surface area contributed by atoms with Gasteiger partial charge in [0.15, 0.2) is 5.96 Å². The average Bonchev–Trinajstić information content (AvgIpc) is 3.13. The highest BCUT2D eigenvalue weighted by Gasteiger charge is 2.09. The number of carboxylic acids is 2. The summed E-state index contributed by atoms with van der Waals surface area (Å²) in [6.45, 7) is 2.49. The number of para-hydroxylation sites is 2. The lowest BCUT2D eigenvalue weighted by molar-refractivity contribution is -0.135. The second kappa shape index (κ2) is 13.1. The normalized spacial score (nSPS) is 10.2. The summed E-state index contributed by atoms with van der Waals surface area (Å²) in [5, 5.41) is 17.8. The van der Waals surface area contributed by atoms with E-state index in [0.29, 0.717) is 24.0 Å². The molecule has 0 aliphatic rings. The number of nitrogens with two attached hydrogens (primary N) is 1. The summed E-state index contributed by atoms with van der Waals surface area (Å²) in [4.78, 5) is 29.9. The van der Waals surface area contributed by atoms with Crippen LogP contribution in [0.1, 0.15) is 19.4 Å². The molecule has 6 N–H and O–H groups in total. The summed E-state index contributed by atoms with van der Waals surface area (Å²) in [6, 6.07) is 13.3. The number of carbonyl (C=O) groups is 2. The summed E-state index contributed by atoms with van der Waals surface area (Å²) in [7, 11) is 3.22. The van der Waals surface area contributed by atoms with Gasteiger partial charge in [0, 0.05) is 13.8 Å². The second-order valence-corrected chi connectivity index (χ2v) is 6.11. The molecule has 0 aliphatic heterocycles. The predicted molar refractivity (Wildman–Crippen MR) is 121 cm³/mol. The van der Waals surface area contributed by atoms with Gasteiger partial charge < -0.3 is 30.4 Å². The molecule has 172 valence electrons. The SMILES string of the molecule is CC(=O)O.CC(=O)O.COc1cccc(OC)c1CN=C(N)Nc1nc2ccccc2[nH]1. The Labute approximate surface area is 184 Å². The van der Waals surface area contributed by atoms with Crippen LogP contribution in [0.15, 0.2) is 47.5 Å². The highest BCUT2D eigenvalue weighted by molar-refractivity contribution is 5.92. The van der Waals surface area contributed by atoms with Crippen LogP contribution >= 0.6 is 0 Å². The van der Waals surface area contributed by atoms with Gasteiger partial charge in [0.2, 0.25) is 5.95 Å². The van der Waals surface area contributed by atoms with Crippen molar-refractivity contribution in [2.75, 3.05) is 19.5 Å².